The number of halogens is 3. The van der Waals surface area contributed by atoms with Crippen molar-refractivity contribution in [3.63, 3.8) is 0 Å². The lowest BCUT2D eigenvalue weighted by Crippen LogP contribution is -2.38. The third kappa shape index (κ3) is 2.65. The summed E-state index contributed by atoms with van der Waals surface area (Å²) >= 11 is 3.22. The summed E-state index contributed by atoms with van der Waals surface area (Å²) in [6.07, 6.45) is -0.212. The second-order valence-electron chi connectivity index (χ2n) is 4.01. The third-order valence-corrected chi connectivity index (χ3v) is 3.75. The summed E-state index contributed by atoms with van der Waals surface area (Å²) in [5, 5.41) is 0. The van der Waals surface area contributed by atoms with E-state index in [2.05, 4.69) is 15.9 Å². The van der Waals surface area contributed by atoms with E-state index in [0.717, 1.165) is 0 Å². The predicted octanol–water partition coefficient (Wildman–Crippen LogP) is 2.27. The Labute approximate surface area is 90.8 Å². The minimum absolute atomic E-state index is 0.122. The summed E-state index contributed by atoms with van der Waals surface area (Å²) in [5.41, 5.74) is 0. The van der Waals surface area contributed by atoms with Crippen LogP contribution in [0.2, 0.25) is 0 Å². The van der Waals surface area contributed by atoms with Crippen LogP contribution in [0.5, 0.6) is 0 Å². The normalized spacial score (nSPS) is 22.9. The molecule has 1 aliphatic heterocycles. The highest BCUT2D eigenvalue weighted by Crippen LogP contribution is 2.28. The molecule has 0 aromatic rings. The van der Waals surface area contributed by atoms with Crippen molar-refractivity contribution >= 4 is 21.8 Å². The molecule has 82 valence electrons. The smallest absolute Gasteiger partial charge is 0.267 e. The van der Waals surface area contributed by atoms with Gasteiger partial charge in [-0.25, -0.2) is 8.78 Å². The van der Waals surface area contributed by atoms with Crippen molar-refractivity contribution in [3.8, 4) is 0 Å². The Balaban J connectivity index is 2.56. The van der Waals surface area contributed by atoms with Gasteiger partial charge in [0.15, 0.2) is 0 Å². The lowest BCUT2D eigenvalue weighted by atomic mass is 10.1. The minimum Gasteiger partial charge on any atom is -0.335 e. The first-order valence-corrected chi connectivity index (χ1v) is 5.56. The molecule has 0 saturated carbocycles. The molecule has 1 heterocycles. The summed E-state index contributed by atoms with van der Waals surface area (Å²) in [6, 6.07) is 0. The van der Waals surface area contributed by atoms with Crippen LogP contribution in [0, 0.1) is 5.92 Å². The van der Waals surface area contributed by atoms with Gasteiger partial charge < -0.3 is 4.90 Å². The predicted molar refractivity (Wildman–Crippen MR) is 53.7 cm³/mol. The highest BCUT2D eigenvalue weighted by Gasteiger charge is 2.41. The maximum atomic E-state index is 12.8. The number of carbonyl (C=O) groups is 1. The number of amides is 1. The van der Waals surface area contributed by atoms with Gasteiger partial charge in [0.25, 0.3) is 5.92 Å². The van der Waals surface area contributed by atoms with E-state index in [1.807, 2.05) is 13.8 Å². The van der Waals surface area contributed by atoms with Crippen molar-refractivity contribution in [3.05, 3.63) is 0 Å². The van der Waals surface area contributed by atoms with E-state index in [4.69, 9.17) is 0 Å². The maximum absolute atomic E-state index is 12.8. The summed E-state index contributed by atoms with van der Waals surface area (Å²) < 4.78 is 25.6. The van der Waals surface area contributed by atoms with Gasteiger partial charge in [0, 0.05) is 13.0 Å². The van der Waals surface area contributed by atoms with Crippen LogP contribution >= 0.6 is 15.9 Å². The van der Waals surface area contributed by atoms with Crippen LogP contribution in [0.15, 0.2) is 0 Å². The van der Waals surface area contributed by atoms with Crippen LogP contribution < -0.4 is 0 Å². The van der Waals surface area contributed by atoms with Crippen molar-refractivity contribution in [2.24, 2.45) is 5.92 Å². The Hall–Kier alpha value is -0.190. The van der Waals surface area contributed by atoms with Gasteiger partial charge >= 0.3 is 0 Å². The fraction of sp³-hybridized carbons (Fsp3) is 0.889. The van der Waals surface area contributed by atoms with Crippen molar-refractivity contribution in [2.75, 3.05) is 13.1 Å². The molecular weight excluding hydrogens is 256 g/mol. The van der Waals surface area contributed by atoms with Crippen LogP contribution in [-0.4, -0.2) is 34.6 Å². The molecule has 1 rings (SSSR count). The van der Waals surface area contributed by atoms with Gasteiger partial charge in [0.2, 0.25) is 5.91 Å². The van der Waals surface area contributed by atoms with E-state index >= 15 is 0 Å². The van der Waals surface area contributed by atoms with Crippen LogP contribution in [0.4, 0.5) is 8.78 Å². The number of nitrogens with zero attached hydrogens (tertiary/aromatic N) is 1. The summed E-state index contributed by atoms with van der Waals surface area (Å²) in [5.74, 6) is -2.80. The topological polar surface area (TPSA) is 20.3 Å². The number of carbonyl (C=O) groups excluding carboxylic acids is 1. The molecule has 14 heavy (non-hydrogen) atoms. The van der Waals surface area contributed by atoms with Crippen LogP contribution in [-0.2, 0) is 4.79 Å². The molecule has 0 radical (unpaired) electrons. The van der Waals surface area contributed by atoms with Gasteiger partial charge in [0.05, 0.1) is 11.4 Å². The van der Waals surface area contributed by atoms with Gasteiger partial charge in [-0.05, 0) is 5.92 Å². The molecule has 1 aliphatic rings. The van der Waals surface area contributed by atoms with E-state index in [1.165, 1.54) is 4.90 Å². The van der Waals surface area contributed by atoms with E-state index < -0.39 is 12.5 Å². The lowest BCUT2D eigenvalue weighted by Gasteiger charge is -2.21. The average molecular weight is 270 g/mol. The standard InChI is InChI=1S/C9H14BrF2NO/c1-6(2)7(10)8(14)13-4-3-9(11,12)5-13/h6-7H,3-5H2,1-2H3. The summed E-state index contributed by atoms with van der Waals surface area (Å²) in [4.78, 5) is 12.5. The molecule has 2 nitrogen and oxygen atoms in total. The van der Waals surface area contributed by atoms with Crippen molar-refractivity contribution < 1.29 is 13.6 Å². The molecule has 0 aliphatic carbocycles. The van der Waals surface area contributed by atoms with Crippen molar-refractivity contribution in [1.29, 1.82) is 0 Å². The highest BCUT2D eigenvalue weighted by molar-refractivity contribution is 9.10. The molecule has 0 spiro atoms. The number of hydrogen-bond donors (Lipinski definition) is 0. The van der Waals surface area contributed by atoms with Gasteiger partial charge in [0.1, 0.15) is 0 Å². The Morgan fingerprint density at radius 2 is 2.07 bits per heavy atom. The van der Waals surface area contributed by atoms with Crippen LogP contribution in [0.25, 0.3) is 0 Å². The van der Waals surface area contributed by atoms with Crippen molar-refractivity contribution in [1.82, 2.24) is 4.90 Å². The number of likely N-dealkylation sites (tertiary alicyclic amines) is 1. The zero-order valence-electron chi connectivity index (χ0n) is 8.27. The zero-order valence-corrected chi connectivity index (χ0v) is 9.85. The molecule has 0 N–H and O–H groups in total. The van der Waals surface area contributed by atoms with Gasteiger partial charge in [-0.3, -0.25) is 4.79 Å². The Bertz CT molecular complexity index is 233. The second kappa shape index (κ2) is 4.13. The molecule has 1 fully saturated rings. The molecule has 5 heteroatoms. The Morgan fingerprint density at radius 3 is 2.43 bits per heavy atom. The maximum Gasteiger partial charge on any atom is 0.267 e. The highest BCUT2D eigenvalue weighted by atomic mass is 79.9. The molecule has 0 aromatic heterocycles. The fourth-order valence-corrected chi connectivity index (χ4v) is 1.67. The monoisotopic (exact) mass is 269 g/mol. The first-order chi connectivity index (χ1) is 6.33. The molecular formula is C9H14BrF2NO. The van der Waals surface area contributed by atoms with Gasteiger partial charge in [-0.1, -0.05) is 29.8 Å². The molecule has 1 amide bonds. The average Bonchev–Trinajstić information content (AvgIpc) is 2.43. The SMILES string of the molecule is CC(C)C(Br)C(=O)N1CCC(F)(F)C1. The molecule has 1 unspecified atom stereocenters. The molecule has 0 aromatic carbocycles. The minimum atomic E-state index is -2.70. The van der Waals surface area contributed by atoms with E-state index in [1.54, 1.807) is 0 Å². The van der Waals surface area contributed by atoms with E-state index in [0.29, 0.717) is 0 Å². The van der Waals surface area contributed by atoms with E-state index in [-0.39, 0.29) is 29.6 Å². The largest absolute Gasteiger partial charge is 0.335 e. The molecule has 1 atom stereocenters. The number of alkyl halides is 3. The van der Waals surface area contributed by atoms with E-state index in [9.17, 15) is 13.6 Å². The first kappa shape index (κ1) is 11.9. The summed E-state index contributed by atoms with van der Waals surface area (Å²) in [7, 11) is 0. The van der Waals surface area contributed by atoms with Gasteiger partial charge in [-0.15, -0.1) is 0 Å². The van der Waals surface area contributed by atoms with Crippen LogP contribution in [0.3, 0.4) is 0 Å². The first-order valence-electron chi connectivity index (χ1n) is 4.64. The lowest BCUT2D eigenvalue weighted by molar-refractivity contribution is -0.131. The van der Waals surface area contributed by atoms with Crippen LogP contribution in [0.1, 0.15) is 20.3 Å². The van der Waals surface area contributed by atoms with Crippen molar-refractivity contribution in [2.45, 2.75) is 31.0 Å². The quantitative estimate of drug-likeness (QED) is 0.705. The number of hydrogen-bond acceptors (Lipinski definition) is 1. The van der Waals surface area contributed by atoms with Gasteiger partial charge in [-0.2, -0.15) is 0 Å². The summed E-state index contributed by atoms with van der Waals surface area (Å²) in [6.45, 7) is 3.50. The number of rotatable bonds is 2. The molecule has 0 bridgehead atoms. The molecule has 1 saturated heterocycles. The zero-order chi connectivity index (χ0) is 10.9. The Morgan fingerprint density at radius 1 is 1.50 bits per heavy atom. The second-order valence-corrected chi connectivity index (χ2v) is 5.00. The third-order valence-electron chi connectivity index (χ3n) is 2.30. The Kier molecular flexibility index (Phi) is 3.50. The fourth-order valence-electron chi connectivity index (χ4n) is 1.38.